The summed E-state index contributed by atoms with van der Waals surface area (Å²) in [4.78, 5) is 0. The van der Waals surface area contributed by atoms with E-state index in [9.17, 15) is 5.11 Å². The Morgan fingerprint density at radius 3 is 3.00 bits per heavy atom. The Kier molecular flexibility index (Phi) is 4.25. The van der Waals surface area contributed by atoms with Gasteiger partial charge in [-0.25, -0.2) is 0 Å². The van der Waals surface area contributed by atoms with Crippen LogP contribution in [0, 0.1) is 5.92 Å². The molecular formula is C15H23NO2. The molecule has 2 atom stereocenters. The van der Waals surface area contributed by atoms with Gasteiger partial charge in [0.25, 0.3) is 0 Å². The molecule has 0 aromatic heterocycles. The Hall–Kier alpha value is -1.06. The molecular weight excluding hydrogens is 226 g/mol. The van der Waals surface area contributed by atoms with Gasteiger partial charge in [-0.1, -0.05) is 25.0 Å². The number of methoxy groups -OCH3 is 1. The zero-order chi connectivity index (χ0) is 13.0. The molecule has 2 N–H and O–H groups in total. The van der Waals surface area contributed by atoms with Crippen molar-refractivity contribution in [1.29, 1.82) is 0 Å². The van der Waals surface area contributed by atoms with Crippen LogP contribution >= 0.6 is 0 Å². The van der Waals surface area contributed by atoms with Gasteiger partial charge in [-0.15, -0.1) is 0 Å². The molecule has 3 nitrogen and oxygen atoms in total. The van der Waals surface area contributed by atoms with E-state index in [1.807, 2.05) is 31.3 Å². The van der Waals surface area contributed by atoms with Crippen LogP contribution in [-0.2, 0) is 5.60 Å². The molecule has 0 bridgehead atoms. The van der Waals surface area contributed by atoms with Crippen molar-refractivity contribution in [2.24, 2.45) is 5.92 Å². The molecule has 100 valence electrons. The van der Waals surface area contributed by atoms with Crippen molar-refractivity contribution in [3.05, 3.63) is 29.8 Å². The summed E-state index contributed by atoms with van der Waals surface area (Å²) in [5, 5.41) is 14.3. The van der Waals surface area contributed by atoms with E-state index in [-0.39, 0.29) is 5.92 Å². The minimum absolute atomic E-state index is 0.281. The summed E-state index contributed by atoms with van der Waals surface area (Å²) in [5.41, 5.74) is 0.275. The van der Waals surface area contributed by atoms with E-state index in [0.717, 1.165) is 37.1 Å². The van der Waals surface area contributed by atoms with Crippen LogP contribution in [0.25, 0.3) is 0 Å². The van der Waals surface area contributed by atoms with Gasteiger partial charge in [-0.05, 0) is 37.6 Å². The molecule has 1 aliphatic rings. The van der Waals surface area contributed by atoms with Gasteiger partial charge in [0.15, 0.2) is 0 Å². The molecule has 0 amide bonds. The summed E-state index contributed by atoms with van der Waals surface area (Å²) in [5.74, 6) is 1.10. The summed E-state index contributed by atoms with van der Waals surface area (Å²) in [6.45, 7) is 0.855. The highest BCUT2D eigenvalue weighted by Crippen LogP contribution is 2.42. The van der Waals surface area contributed by atoms with E-state index in [1.54, 1.807) is 7.11 Å². The number of hydrogen-bond donors (Lipinski definition) is 2. The van der Waals surface area contributed by atoms with Crippen LogP contribution in [-0.4, -0.2) is 25.8 Å². The molecule has 1 aromatic carbocycles. The number of benzene rings is 1. The van der Waals surface area contributed by atoms with E-state index in [0.29, 0.717) is 0 Å². The van der Waals surface area contributed by atoms with Crippen LogP contribution in [0.15, 0.2) is 24.3 Å². The van der Waals surface area contributed by atoms with E-state index in [1.165, 1.54) is 6.42 Å². The number of hydrogen-bond acceptors (Lipinski definition) is 3. The van der Waals surface area contributed by atoms with Crippen LogP contribution in [0.4, 0.5) is 0 Å². The third-order valence-electron chi connectivity index (χ3n) is 4.06. The quantitative estimate of drug-likeness (QED) is 0.860. The molecule has 0 aliphatic heterocycles. The second-order valence-electron chi connectivity index (χ2n) is 5.16. The third kappa shape index (κ3) is 2.52. The average Bonchev–Trinajstić information content (AvgIpc) is 2.42. The second kappa shape index (κ2) is 5.72. The van der Waals surface area contributed by atoms with Crippen LogP contribution < -0.4 is 10.1 Å². The van der Waals surface area contributed by atoms with Crippen molar-refractivity contribution in [2.45, 2.75) is 31.3 Å². The SMILES string of the molecule is CNC[C@H]1CCCC[C@]1(O)c1cccc(OC)c1. The fraction of sp³-hybridized carbons (Fsp3) is 0.600. The summed E-state index contributed by atoms with van der Waals surface area (Å²) < 4.78 is 5.26. The van der Waals surface area contributed by atoms with Crippen molar-refractivity contribution < 1.29 is 9.84 Å². The molecule has 0 unspecified atom stereocenters. The molecule has 18 heavy (non-hydrogen) atoms. The molecule has 3 heteroatoms. The van der Waals surface area contributed by atoms with Crippen LogP contribution in [0.5, 0.6) is 5.75 Å². The highest BCUT2D eigenvalue weighted by Gasteiger charge is 2.39. The van der Waals surface area contributed by atoms with Crippen molar-refractivity contribution in [3.63, 3.8) is 0 Å². The van der Waals surface area contributed by atoms with Gasteiger partial charge in [-0.3, -0.25) is 0 Å². The molecule has 1 aromatic rings. The predicted molar refractivity (Wildman–Crippen MR) is 72.8 cm³/mol. The fourth-order valence-corrected chi connectivity index (χ4v) is 3.02. The summed E-state index contributed by atoms with van der Waals surface area (Å²) in [7, 11) is 3.61. The zero-order valence-corrected chi connectivity index (χ0v) is 11.3. The molecule has 0 spiro atoms. The summed E-state index contributed by atoms with van der Waals surface area (Å²) in [6, 6.07) is 7.85. The smallest absolute Gasteiger partial charge is 0.119 e. The van der Waals surface area contributed by atoms with E-state index < -0.39 is 5.60 Å². The lowest BCUT2D eigenvalue weighted by molar-refractivity contribution is -0.0531. The minimum Gasteiger partial charge on any atom is -0.497 e. The Labute approximate surface area is 109 Å². The lowest BCUT2D eigenvalue weighted by Gasteiger charge is -2.40. The lowest BCUT2D eigenvalue weighted by atomic mass is 9.71. The molecule has 0 heterocycles. The average molecular weight is 249 g/mol. The fourth-order valence-electron chi connectivity index (χ4n) is 3.02. The minimum atomic E-state index is -0.713. The first-order valence-electron chi connectivity index (χ1n) is 6.72. The van der Waals surface area contributed by atoms with E-state index in [2.05, 4.69) is 5.32 Å². The standard InChI is InChI=1S/C15H23NO2/c1-16-11-13-6-3-4-9-15(13,17)12-7-5-8-14(10-12)18-2/h5,7-8,10,13,16-17H,3-4,6,9,11H2,1-2H3/t13-,15+/m1/s1. The van der Waals surface area contributed by atoms with Crippen LogP contribution in [0.3, 0.4) is 0 Å². The number of ether oxygens (including phenoxy) is 1. The Morgan fingerprint density at radius 1 is 1.44 bits per heavy atom. The first-order chi connectivity index (χ1) is 8.70. The van der Waals surface area contributed by atoms with Crippen molar-refractivity contribution in [1.82, 2.24) is 5.32 Å². The monoisotopic (exact) mass is 249 g/mol. The highest BCUT2D eigenvalue weighted by molar-refractivity contribution is 5.33. The highest BCUT2D eigenvalue weighted by atomic mass is 16.5. The maximum atomic E-state index is 11.1. The van der Waals surface area contributed by atoms with Gasteiger partial charge >= 0.3 is 0 Å². The van der Waals surface area contributed by atoms with Gasteiger partial charge < -0.3 is 15.2 Å². The zero-order valence-electron chi connectivity index (χ0n) is 11.3. The summed E-state index contributed by atoms with van der Waals surface area (Å²) in [6.07, 6.45) is 4.22. The second-order valence-corrected chi connectivity index (χ2v) is 5.16. The molecule has 1 aliphatic carbocycles. The van der Waals surface area contributed by atoms with Gasteiger partial charge in [0.1, 0.15) is 5.75 Å². The topological polar surface area (TPSA) is 41.5 Å². The van der Waals surface area contributed by atoms with Crippen LogP contribution in [0.1, 0.15) is 31.2 Å². The van der Waals surface area contributed by atoms with Crippen molar-refractivity contribution in [3.8, 4) is 5.75 Å². The maximum Gasteiger partial charge on any atom is 0.119 e. The van der Waals surface area contributed by atoms with Gasteiger partial charge in [0.05, 0.1) is 12.7 Å². The number of rotatable bonds is 4. The van der Waals surface area contributed by atoms with Gasteiger partial charge in [0, 0.05) is 12.5 Å². The van der Waals surface area contributed by atoms with Gasteiger partial charge in [0.2, 0.25) is 0 Å². The third-order valence-corrected chi connectivity index (χ3v) is 4.06. The first-order valence-corrected chi connectivity index (χ1v) is 6.72. The lowest BCUT2D eigenvalue weighted by Crippen LogP contribution is -2.42. The van der Waals surface area contributed by atoms with Crippen LogP contribution in [0.2, 0.25) is 0 Å². The molecule has 0 radical (unpaired) electrons. The molecule has 0 saturated heterocycles. The Morgan fingerprint density at radius 2 is 2.28 bits per heavy atom. The molecule has 1 saturated carbocycles. The first kappa shape index (κ1) is 13.4. The van der Waals surface area contributed by atoms with Crippen molar-refractivity contribution >= 4 is 0 Å². The van der Waals surface area contributed by atoms with Gasteiger partial charge in [-0.2, -0.15) is 0 Å². The van der Waals surface area contributed by atoms with Crippen molar-refractivity contribution in [2.75, 3.05) is 20.7 Å². The maximum absolute atomic E-state index is 11.1. The number of aliphatic hydroxyl groups is 1. The summed E-state index contributed by atoms with van der Waals surface area (Å²) >= 11 is 0. The van der Waals surface area contributed by atoms with E-state index >= 15 is 0 Å². The normalized spacial score (nSPS) is 28.1. The Balaban J connectivity index is 2.30. The number of nitrogens with one attached hydrogen (secondary N) is 1. The molecule has 2 rings (SSSR count). The predicted octanol–water partition coefficient (Wildman–Crippen LogP) is 2.29. The Bertz CT molecular complexity index is 392. The van der Waals surface area contributed by atoms with E-state index in [4.69, 9.17) is 4.74 Å². The molecule has 1 fully saturated rings. The largest absolute Gasteiger partial charge is 0.497 e.